The molecule has 3 N–H and O–H groups in total. The molecule has 1 unspecified atom stereocenters. The Morgan fingerprint density at radius 2 is 2.10 bits per heavy atom. The van der Waals surface area contributed by atoms with Crippen LogP contribution in [0.1, 0.15) is 27.2 Å². The summed E-state index contributed by atoms with van der Waals surface area (Å²) < 4.78 is 0. The van der Waals surface area contributed by atoms with Crippen LogP contribution in [-0.2, 0) is 0 Å². The number of rotatable bonds is 7. The molecule has 21 heavy (non-hydrogen) atoms. The lowest BCUT2D eigenvalue weighted by atomic mass is 10.0. The first-order valence-electron chi connectivity index (χ1n) is 7.45. The maximum absolute atomic E-state index is 12.0. The van der Waals surface area contributed by atoms with E-state index in [1.807, 2.05) is 31.3 Å². The quantitative estimate of drug-likeness (QED) is 0.724. The number of anilines is 2. The highest BCUT2D eigenvalue weighted by Gasteiger charge is 2.13. The molecule has 0 fully saturated rings. The molecule has 0 heterocycles. The van der Waals surface area contributed by atoms with E-state index in [0.29, 0.717) is 5.92 Å². The van der Waals surface area contributed by atoms with E-state index >= 15 is 0 Å². The molecule has 0 aliphatic rings. The van der Waals surface area contributed by atoms with Crippen molar-refractivity contribution in [3.05, 3.63) is 24.3 Å². The van der Waals surface area contributed by atoms with E-state index < -0.39 is 0 Å². The van der Waals surface area contributed by atoms with Crippen LogP contribution in [0.2, 0.25) is 0 Å². The molecule has 118 valence electrons. The zero-order chi connectivity index (χ0) is 15.8. The highest BCUT2D eigenvalue weighted by molar-refractivity contribution is 5.90. The Balaban J connectivity index is 2.62. The van der Waals surface area contributed by atoms with Crippen LogP contribution in [0.5, 0.6) is 0 Å². The number of aliphatic hydroxyl groups is 1. The number of aliphatic hydroxyl groups excluding tert-OH is 1. The summed E-state index contributed by atoms with van der Waals surface area (Å²) in [6.07, 6.45) is 0.753. The van der Waals surface area contributed by atoms with Crippen molar-refractivity contribution in [3.63, 3.8) is 0 Å². The van der Waals surface area contributed by atoms with Gasteiger partial charge >= 0.3 is 6.03 Å². The molecule has 0 aliphatic heterocycles. The van der Waals surface area contributed by atoms with Gasteiger partial charge in [-0.2, -0.15) is 0 Å². The van der Waals surface area contributed by atoms with Crippen LogP contribution >= 0.6 is 0 Å². The summed E-state index contributed by atoms with van der Waals surface area (Å²) >= 11 is 0. The van der Waals surface area contributed by atoms with Crippen molar-refractivity contribution in [2.75, 3.05) is 30.4 Å². The van der Waals surface area contributed by atoms with Gasteiger partial charge in [-0.05, 0) is 37.5 Å². The van der Waals surface area contributed by atoms with Crippen molar-refractivity contribution in [2.24, 2.45) is 5.92 Å². The first-order chi connectivity index (χ1) is 9.96. The zero-order valence-corrected chi connectivity index (χ0v) is 13.4. The van der Waals surface area contributed by atoms with E-state index in [9.17, 15) is 9.90 Å². The van der Waals surface area contributed by atoms with Crippen molar-refractivity contribution in [1.82, 2.24) is 5.32 Å². The molecule has 1 atom stereocenters. The van der Waals surface area contributed by atoms with Gasteiger partial charge < -0.3 is 20.6 Å². The highest BCUT2D eigenvalue weighted by Crippen LogP contribution is 2.18. The Labute approximate surface area is 127 Å². The fraction of sp³-hybridized carbons (Fsp3) is 0.562. The van der Waals surface area contributed by atoms with Gasteiger partial charge in [-0.15, -0.1) is 0 Å². The minimum absolute atomic E-state index is 0.0514. The summed E-state index contributed by atoms with van der Waals surface area (Å²) in [6.45, 7) is 7.05. The maximum Gasteiger partial charge on any atom is 0.319 e. The molecule has 0 aliphatic carbocycles. The molecule has 5 heteroatoms. The van der Waals surface area contributed by atoms with Crippen molar-refractivity contribution >= 4 is 17.4 Å². The molecular weight excluding hydrogens is 266 g/mol. The number of urea groups is 1. The topological polar surface area (TPSA) is 64.6 Å². The van der Waals surface area contributed by atoms with Gasteiger partial charge in [0.1, 0.15) is 0 Å². The second-order valence-electron chi connectivity index (χ2n) is 5.67. The van der Waals surface area contributed by atoms with Crippen LogP contribution in [0, 0.1) is 5.92 Å². The SMILES string of the molecule is CCN(C)c1cccc(NC(=O)NC(CO)CC(C)C)c1. The van der Waals surface area contributed by atoms with Crippen molar-refractivity contribution in [2.45, 2.75) is 33.2 Å². The second kappa shape index (κ2) is 8.52. The average Bonchev–Trinajstić information content (AvgIpc) is 2.45. The van der Waals surface area contributed by atoms with Crippen LogP contribution in [-0.4, -0.2) is 37.4 Å². The smallest absolute Gasteiger partial charge is 0.319 e. The number of amides is 2. The van der Waals surface area contributed by atoms with Crippen LogP contribution in [0.4, 0.5) is 16.2 Å². The first kappa shape index (κ1) is 17.3. The molecule has 0 aromatic heterocycles. The van der Waals surface area contributed by atoms with Gasteiger partial charge in [0, 0.05) is 25.0 Å². The number of carbonyl (C=O) groups excluding carboxylic acids is 1. The van der Waals surface area contributed by atoms with E-state index in [1.54, 1.807) is 0 Å². The largest absolute Gasteiger partial charge is 0.394 e. The van der Waals surface area contributed by atoms with E-state index in [0.717, 1.165) is 24.3 Å². The van der Waals surface area contributed by atoms with E-state index in [4.69, 9.17) is 0 Å². The van der Waals surface area contributed by atoms with Crippen LogP contribution in [0.3, 0.4) is 0 Å². The van der Waals surface area contributed by atoms with Crippen LogP contribution < -0.4 is 15.5 Å². The minimum atomic E-state index is -0.286. The van der Waals surface area contributed by atoms with Gasteiger partial charge in [0.05, 0.1) is 12.6 Å². The number of hydrogen-bond donors (Lipinski definition) is 3. The van der Waals surface area contributed by atoms with Gasteiger partial charge in [-0.3, -0.25) is 0 Å². The van der Waals surface area contributed by atoms with E-state index in [-0.39, 0.29) is 18.7 Å². The fourth-order valence-corrected chi connectivity index (χ4v) is 2.10. The number of nitrogens with zero attached hydrogens (tertiary/aromatic N) is 1. The van der Waals surface area contributed by atoms with Crippen LogP contribution in [0.15, 0.2) is 24.3 Å². The molecular formula is C16H27N3O2. The second-order valence-corrected chi connectivity index (χ2v) is 5.67. The first-order valence-corrected chi connectivity index (χ1v) is 7.45. The van der Waals surface area contributed by atoms with Crippen molar-refractivity contribution in [1.29, 1.82) is 0 Å². The highest BCUT2D eigenvalue weighted by atomic mass is 16.3. The number of nitrogens with one attached hydrogen (secondary N) is 2. The Kier molecular flexibility index (Phi) is 7.02. The molecule has 0 bridgehead atoms. The van der Waals surface area contributed by atoms with Crippen molar-refractivity contribution < 1.29 is 9.90 Å². The predicted molar refractivity (Wildman–Crippen MR) is 87.9 cm³/mol. The third-order valence-corrected chi connectivity index (χ3v) is 3.33. The summed E-state index contributed by atoms with van der Waals surface area (Å²) in [5.41, 5.74) is 1.79. The lowest BCUT2D eigenvalue weighted by molar-refractivity contribution is 0.214. The molecule has 1 aromatic carbocycles. The Morgan fingerprint density at radius 1 is 1.38 bits per heavy atom. The standard InChI is InChI=1S/C16H27N3O2/c1-5-19(4)15-8-6-7-13(10-15)17-16(21)18-14(11-20)9-12(2)3/h6-8,10,12,14,20H,5,9,11H2,1-4H3,(H2,17,18,21). The monoisotopic (exact) mass is 293 g/mol. The zero-order valence-electron chi connectivity index (χ0n) is 13.4. The van der Waals surface area contributed by atoms with Gasteiger partial charge in [0.2, 0.25) is 0 Å². The molecule has 0 saturated heterocycles. The van der Waals surface area contributed by atoms with Gasteiger partial charge in [0.15, 0.2) is 0 Å². The molecule has 1 aromatic rings. The predicted octanol–water partition coefficient (Wildman–Crippen LogP) is 2.67. The van der Waals surface area contributed by atoms with E-state index in [1.165, 1.54) is 0 Å². The number of benzene rings is 1. The normalized spacial score (nSPS) is 12.1. The Hall–Kier alpha value is -1.75. The molecule has 0 spiro atoms. The molecule has 2 amide bonds. The summed E-state index contributed by atoms with van der Waals surface area (Å²) in [7, 11) is 2.00. The maximum atomic E-state index is 12.0. The summed E-state index contributed by atoms with van der Waals surface area (Å²) in [5.74, 6) is 0.420. The third kappa shape index (κ3) is 6.04. The molecule has 5 nitrogen and oxygen atoms in total. The number of carbonyl (C=O) groups is 1. The summed E-state index contributed by atoms with van der Waals surface area (Å²) in [4.78, 5) is 14.1. The Morgan fingerprint density at radius 3 is 2.67 bits per heavy atom. The van der Waals surface area contributed by atoms with Gasteiger partial charge in [-0.25, -0.2) is 4.79 Å². The average molecular weight is 293 g/mol. The number of hydrogen-bond acceptors (Lipinski definition) is 3. The van der Waals surface area contributed by atoms with Gasteiger partial charge in [0.25, 0.3) is 0 Å². The minimum Gasteiger partial charge on any atom is -0.394 e. The lowest BCUT2D eigenvalue weighted by Crippen LogP contribution is -2.41. The van der Waals surface area contributed by atoms with Crippen molar-refractivity contribution in [3.8, 4) is 0 Å². The van der Waals surface area contributed by atoms with E-state index in [2.05, 4.69) is 36.3 Å². The van der Waals surface area contributed by atoms with Gasteiger partial charge in [-0.1, -0.05) is 19.9 Å². The fourth-order valence-electron chi connectivity index (χ4n) is 2.10. The molecule has 1 rings (SSSR count). The Bertz CT molecular complexity index is 449. The summed E-state index contributed by atoms with van der Waals surface area (Å²) in [5, 5.41) is 14.9. The van der Waals surface area contributed by atoms with Crippen LogP contribution in [0.25, 0.3) is 0 Å². The lowest BCUT2D eigenvalue weighted by Gasteiger charge is -2.20. The summed E-state index contributed by atoms with van der Waals surface area (Å²) in [6, 6.07) is 7.19. The third-order valence-electron chi connectivity index (χ3n) is 3.33. The molecule has 0 radical (unpaired) electrons. The molecule has 0 saturated carbocycles.